The Morgan fingerprint density at radius 3 is 2.56 bits per heavy atom. The molecule has 2 rings (SSSR count). The van der Waals surface area contributed by atoms with Gasteiger partial charge in [0.15, 0.2) is 0 Å². The molecule has 1 fully saturated rings. The third-order valence-electron chi connectivity index (χ3n) is 4.05. The van der Waals surface area contributed by atoms with Crippen LogP contribution in [-0.4, -0.2) is 12.6 Å². The van der Waals surface area contributed by atoms with Crippen molar-refractivity contribution in [1.82, 2.24) is 5.32 Å². The zero-order chi connectivity index (χ0) is 13.2. The van der Waals surface area contributed by atoms with Gasteiger partial charge < -0.3 is 5.32 Å². The van der Waals surface area contributed by atoms with Crippen LogP contribution in [0.15, 0.2) is 18.2 Å². The molecule has 3 heteroatoms. The monoisotopic (exact) mass is 285 g/mol. The highest BCUT2D eigenvalue weighted by Gasteiger charge is 2.46. The SMILES string of the molecule is CCCNC(C)C1(Cc2ccc(Cl)c(Cl)c2)CC1. The fourth-order valence-corrected chi connectivity index (χ4v) is 2.88. The van der Waals surface area contributed by atoms with Crippen molar-refractivity contribution in [2.45, 2.75) is 45.6 Å². The molecule has 0 aliphatic heterocycles. The molecule has 0 spiro atoms. The van der Waals surface area contributed by atoms with Gasteiger partial charge in [0, 0.05) is 6.04 Å². The van der Waals surface area contributed by atoms with Crippen LogP contribution in [-0.2, 0) is 6.42 Å². The Balaban J connectivity index is 2.01. The molecule has 100 valence electrons. The zero-order valence-electron chi connectivity index (χ0n) is 11.1. The van der Waals surface area contributed by atoms with Gasteiger partial charge in [0.1, 0.15) is 0 Å². The minimum atomic E-state index is 0.437. The standard InChI is InChI=1S/C15H21Cl2N/c1-3-8-18-11(2)15(6-7-15)10-12-4-5-13(16)14(17)9-12/h4-5,9,11,18H,3,6-8,10H2,1-2H3. The van der Waals surface area contributed by atoms with Gasteiger partial charge in [0.25, 0.3) is 0 Å². The molecule has 1 N–H and O–H groups in total. The van der Waals surface area contributed by atoms with E-state index in [1.807, 2.05) is 12.1 Å². The fourth-order valence-electron chi connectivity index (χ4n) is 2.56. The predicted molar refractivity (Wildman–Crippen MR) is 79.6 cm³/mol. The topological polar surface area (TPSA) is 12.0 Å². The van der Waals surface area contributed by atoms with E-state index in [-0.39, 0.29) is 0 Å². The average molecular weight is 286 g/mol. The number of benzene rings is 1. The summed E-state index contributed by atoms with van der Waals surface area (Å²) in [6.07, 6.45) is 4.91. The highest BCUT2D eigenvalue weighted by atomic mass is 35.5. The lowest BCUT2D eigenvalue weighted by Crippen LogP contribution is -2.36. The van der Waals surface area contributed by atoms with Crippen molar-refractivity contribution < 1.29 is 0 Å². The van der Waals surface area contributed by atoms with Gasteiger partial charge in [-0.1, -0.05) is 36.2 Å². The van der Waals surface area contributed by atoms with Crippen molar-refractivity contribution in [2.24, 2.45) is 5.41 Å². The van der Waals surface area contributed by atoms with Crippen LogP contribution in [0.2, 0.25) is 10.0 Å². The zero-order valence-corrected chi connectivity index (χ0v) is 12.6. The summed E-state index contributed by atoms with van der Waals surface area (Å²) in [6, 6.07) is 6.59. The van der Waals surface area contributed by atoms with Gasteiger partial charge in [-0.15, -0.1) is 0 Å². The van der Waals surface area contributed by atoms with Crippen LogP contribution in [0.1, 0.15) is 38.7 Å². The molecule has 0 radical (unpaired) electrons. The van der Waals surface area contributed by atoms with Crippen molar-refractivity contribution in [1.29, 1.82) is 0 Å². The maximum Gasteiger partial charge on any atom is 0.0595 e. The van der Waals surface area contributed by atoms with E-state index in [2.05, 4.69) is 25.2 Å². The third-order valence-corrected chi connectivity index (χ3v) is 4.79. The average Bonchev–Trinajstić information content (AvgIpc) is 3.12. The molecule has 1 aromatic rings. The quantitative estimate of drug-likeness (QED) is 0.799. The lowest BCUT2D eigenvalue weighted by Gasteiger charge is -2.25. The second-order valence-corrected chi connectivity index (χ2v) is 6.28. The molecule has 18 heavy (non-hydrogen) atoms. The normalized spacial score (nSPS) is 18.7. The largest absolute Gasteiger partial charge is 0.314 e. The second-order valence-electron chi connectivity index (χ2n) is 5.46. The highest BCUT2D eigenvalue weighted by Crippen LogP contribution is 2.51. The number of nitrogens with one attached hydrogen (secondary N) is 1. The lowest BCUT2D eigenvalue weighted by molar-refractivity contribution is 0.350. The van der Waals surface area contributed by atoms with Crippen LogP contribution in [0.4, 0.5) is 0 Å². The van der Waals surface area contributed by atoms with Gasteiger partial charge in [-0.05, 0) is 62.3 Å². The van der Waals surface area contributed by atoms with Crippen LogP contribution < -0.4 is 5.32 Å². The van der Waals surface area contributed by atoms with Crippen molar-refractivity contribution >= 4 is 23.2 Å². The Hall–Kier alpha value is -0.240. The molecule has 1 saturated carbocycles. The van der Waals surface area contributed by atoms with Crippen molar-refractivity contribution in [3.8, 4) is 0 Å². The minimum absolute atomic E-state index is 0.437. The van der Waals surface area contributed by atoms with Crippen LogP contribution in [0.3, 0.4) is 0 Å². The summed E-state index contributed by atoms with van der Waals surface area (Å²) < 4.78 is 0. The van der Waals surface area contributed by atoms with Gasteiger partial charge in [0.05, 0.1) is 10.0 Å². The molecule has 1 unspecified atom stereocenters. The smallest absolute Gasteiger partial charge is 0.0595 e. The first-order valence-corrected chi connectivity index (χ1v) is 7.50. The maximum atomic E-state index is 6.08. The second kappa shape index (κ2) is 5.81. The van der Waals surface area contributed by atoms with Gasteiger partial charge in [-0.25, -0.2) is 0 Å². The van der Waals surface area contributed by atoms with Crippen molar-refractivity contribution in [3.05, 3.63) is 33.8 Å². The Bertz CT molecular complexity index is 413. The Kier molecular flexibility index (Phi) is 4.58. The first kappa shape index (κ1) is 14.2. The van der Waals surface area contributed by atoms with Crippen LogP contribution in [0.5, 0.6) is 0 Å². The molecule has 1 aromatic carbocycles. The van der Waals surface area contributed by atoms with Gasteiger partial charge >= 0.3 is 0 Å². The van der Waals surface area contributed by atoms with E-state index in [9.17, 15) is 0 Å². The molecular weight excluding hydrogens is 265 g/mol. The van der Waals surface area contributed by atoms with Crippen LogP contribution in [0.25, 0.3) is 0 Å². The van der Waals surface area contributed by atoms with Gasteiger partial charge in [-0.3, -0.25) is 0 Å². The minimum Gasteiger partial charge on any atom is -0.314 e. The first-order valence-electron chi connectivity index (χ1n) is 6.75. The molecule has 0 bridgehead atoms. The number of hydrogen-bond acceptors (Lipinski definition) is 1. The molecule has 0 heterocycles. The molecule has 1 aliphatic rings. The summed E-state index contributed by atoms with van der Waals surface area (Å²) in [5.74, 6) is 0. The molecule has 1 nitrogen and oxygen atoms in total. The van der Waals surface area contributed by atoms with Gasteiger partial charge in [0.2, 0.25) is 0 Å². The third kappa shape index (κ3) is 3.20. The molecule has 0 amide bonds. The summed E-state index contributed by atoms with van der Waals surface area (Å²) in [7, 11) is 0. The van der Waals surface area contributed by atoms with E-state index >= 15 is 0 Å². The Labute approximate surface area is 120 Å². The van der Waals surface area contributed by atoms with Crippen LogP contribution in [0, 0.1) is 5.41 Å². The van der Waals surface area contributed by atoms with Crippen molar-refractivity contribution in [3.63, 3.8) is 0 Å². The summed E-state index contributed by atoms with van der Waals surface area (Å²) in [4.78, 5) is 0. The maximum absolute atomic E-state index is 6.08. The lowest BCUT2D eigenvalue weighted by atomic mass is 9.90. The van der Waals surface area contributed by atoms with E-state index in [4.69, 9.17) is 23.2 Å². The number of halogens is 2. The summed E-state index contributed by atoms with van der Waals surface area (Å²) >= 11 is 12.0. The Morgan fingerprint density at radius 1 is 1.28 bits per heavy atom. The van der Waals surface area contributed by atoms with Gasteiger partial charge in [-0.2, -0.15) is 0 Å². The molecule has 0 aromatic heterocycles. The van der Waals surface area contributed by atoms with E-state index in [1.165, 1.54) is 24.8 Å². The summed E-state index contributed by atoms with van der Waals surface area (Å²) in [5, 5.41) is 4.93. The van der Waals surface area contributed by atoms with E-state index in [0.29, 0.717) is 21.5 Å². The van der Waals surface area contributed by atoms with E-state index < -0.39 is 0 Å². The number of hydrogen-bond donors (Lipinski definition) is 1. The van der Waals surface area contributed by atoms with Crippen LogP contribution >= 0.6 is 23.2 Å². The molecular formula is C15H21Cl2N. The summed E-state index contributed by atoms with van der Waals surface area (Å²) in [5.41, 5.74) is 1.74. The van der Waals surface area contributed by atoms with Crippen molar-refractivity contribution in [2.75, 3.05) is 6.54 Å². The van der Waals surface area contributed by atoms with E-state index in [1.54, 1.807) is 0 Å². The molecule has 1 atom stereocenters. The Morgan fingerprint density at radius 2 is 2.00 bits per heavy atom. The predicted octanol–water partition coefficient (Wildman–Crippen LogP) is 4.70. The highest BCUT2D eigenvalue weighted by molar-refractivity contribution is 6.42. The summed E-state index contributed by atoms with van der Waals surface area (Å²) in [6.45, 7) is 5.61. The number of rotatable bonds is 6. The fraction of sp³-hybridized carbons (Fsp3) is 0.600. The first-order chi connectivity index (χ1) is 8.57. The molecule has 0 saturated heterocycles. The molecule has 1 aliphatic carbocycles. The van der Waals surface area contributed by atoms with E-state index in [0.717, 1.165) is 13.0 Å².